The van der Waals surface area contributed by atoms with Gasteiger partial charge in [0.1, 0.15) is 11.5 Å². The molecule has 2 N–H and O–H groups in total. The molecule has 23 heavy (non-hydrogen) atoms. The van der Waals surface area contributed by atoms with Gasteiger partial charge in [-0.2, -0.15) is 0 Å². The van der Waals surface area contributed by atoms with Crippen molar-refractivity contribution in [2.24, 2.45) is 0 Å². The summed E-state index contributed by atoms with van der Waals surface area (Å²) >= 11 is 0. The first-order valence-electron chi connectivity index (χ1n) is 6.90. The molecule has 1 heterocycles. The van der Waals surface area contributed by atoms with E-state index in [0.717, 1.165) is 0 Å². The van der Waals surface area contributed by atoms with Gasteiger partial charge in [0.25, 0.3) is 0 Å². The highest BCUT2D eigenvalue weighted by Gasteiger charge is 2.17. The van der Waals surface area contributed by atoms with Gasteiger partial charge in [0.15, 0.2) is 0 Å². The maximum atomic E-state index is 12.3. The summed E-state index contributed by atoms with van der Waals surface area (Å²) < 4.78 is 37.3. The summed E-state index contributed by atoms with van der Waals surface area (Å²) in [6.07, 6.45) is 1.98. The molecule has 124 valence electrons. The second kappa shape index (κ2) is 7.30. The normalized spacial score (nSPS) is 11.2. The number of anilines is 1. The Morgan fingerprint density at radius 3 is 2.70 bits per heavy atom. The maximum Gasteiger partial charge on any atom is 0.240 e. The Balaban J connectivity index is 2.13. The Hall–Kier alpha value is -2.32. The predicted octanol–water partition coefficient (Wildman–Crippen LogP) is 1.77. The van der Waals surface area contributed by atoms with Crippen molar-refractivity contribution < 1.29 is 22.4 Å². The molecule has 0 fully saturated rings. The summed E-state index contributed by atoms with van der Waals surface area (Å²) in [6, 6.07) is 7.78. The van der Waals surface area contributed by atoms with E-state index in [9.17, 15) is 13.2 Å². The molecule has 0 unspecified atom stereocenters. The van der Waals surface area contributed by atoms with Crippen LogP contribution in [0.15, 0.2) is 45.9 Å². The van der Waals surface area contributed by atoms with E-state index < -0.39 is 10.0 Å². The molecule has 0 aliphatic heterocycles. The third-order valence-corrected chi connectivity index (χ3v) is 4.49. The summed E-state index contributed by atoms with van der Waals surface area (Å²) in [4.78, 5) is 11.2. The number of sulfonamides is 1. The lowest BCUT2D eigenvalue weighted by atomic mass is 10.3. The zero-order valence-corrected chi connectivity index (χ0v) is 13.6. The first kappa shape index (κ1) is 17.0. The van der Waals surface area contributed by atoms with Gasteiger partial charge in [-0.3, -0.25) is 4.79 Å². The number of methoxy groups -OCH3 is 1. The predicted molar refractivity (Wildman–Crippen MR) is 84.9 cm³/mol. The maximum absolute atomic E-state index is 12.3. The van der Waals surface area contributed by atoms with Crippen LogP contribution in [-0.2, 0) is 21.2 Å². The van der Waals surface area contributed by atoms with E-state index >= 15 is 0 Å². The van der Waals surface area contributed by atoms with Crippen molar-refractivity contribution in [2.45, 2.75) is 18.2 Å². The van der Waals surface area contributed by atoms with Crippen LogP contribution < -0.4 is 14.8 Å². The van der Waals surface area contributed by atoms with Crippen molar-refractivity contribution in [3.63, 3.8) is 0 Å². The van der Waals surface area contributed by atoms with E-state index in [2.05, 4.69) is 10.0 Å². The van der Waals surface area contributed by atoms with Crippen LogP contribution in [0.2, 0.25) is 0 Å². The molecule has 0 spiro atoms. The van der Waals surface area contributed by atoms with Crippen molar-refractivity contribution in [3.05, 3.63) is 42.4 Å². The summed E-state index contributed by atoms with van der Waals surface area (Å²) in [5.41, 5.74) is 0.300. The Labute approximate surface area is 134 Å². The van der Waals surface area contributed by atoms with Gasteiger partial charge >= 0.3 is 0 Å². The molecule has 0 saturated carbocycles. The number of amides is 1. The Morgan fingerprint density at radius 2 is 2.09 bits per heavy atom. The highest BCUT2D eigenvalue weighted by atomic mass is 32.2. The zero-order valence-electron chi connectivity index (χ0n) is 12.8. The van der Waals surface area contributed by atoms with Crippen LogP contribution in [-0.4, -0.2) is 28.0 Å². The smallest absolute Gasteiger partial charge is 0.240 e. The molecule has 0 aliphatic rings. The molecule has 0 saturated heterocycles. The van der Waals surface area contributed by atoms with Gasteiger partial charge < -0.3 is 14.5 Å². The minimum atomic E-state index is -3.70. The molecule has 7 nitrogen and oxygen atoms in total. The lowest BCUT2D eigenvalue weighted by Gasteiger charge is -2.12. The minimum absolute atomic E-state index is 0.0431. The van der Waals surface area contributed by atoms with Crippen LogP contribution in [0.5, 0.6) is 5.75 Å². The van der Waals surface area contributed by atoms with Crippen molar-refractivity contribution in [1.29, 1.82) is 0 Å². The molecule has 0 aliphatic carbocycles. The monoisotopic (exact) mass is 338 g/mol. The molecule has 0 atom stereocenters. The van der Waals surface area contributed by atoms with Crippen molar-refractivity contribution >= 4 is 21.6 Å². The molecular formula is C15H18N2O5S. The molecule has 1 aromatic carbocycles. The highest BCUT2D eigenvalue weighted by molar-refractivity contribution is 7.89. The molecule has 2 rings (SSSR count). The number of carbonyl (C=O) groups is 1. The van der Waals surface area contributed by atoms with E-state index in [1.807, 2.05) is 0 Å². The summed E-state index contributed by atoms with van der Waals surface area (Å²) in [6.45, 7) is 1.54. The second-order valence-electron chi connectivity index (χ2n) is 4.77. The summed E-state index contributed by atoms with van der Waals surface area (Å²) in [5, 5.41) is 2.54. The molecule has 1 amide bonds. The average molecular weight is 338 g/mol. The summed E-state index contributed by atoms with van der Waals surface area (Å²) in [7, 11) is -2.25. The first-order chi connectivity index (χ1) is 10.9. The quantitative estimate of drug-likeness (QED) is 0.802. The van der Waals surface area contributed by atoms with Crippen LogP contribution in [0.25, 0.3) is 0 Å². The SMILES string of the molecule is COc1ccc(S(=O)(=O)NCCc2ccco2)cc1NC(C)=O. The lowest BCUT2D eigenvalue weighted by molar-refractivity contribution is -0.114. The van der Waals surface area contributed by atoms with Gasteiger partial charge in [0.05, 0.1) is 24.0 Å². The first-order valence-corrected chi connectivity index (χ1v) is 8.38. The third kappa shape index (κ3) is 4.57. The minimum Gasteiger partial charge on any atom is -0.495 e. The number of benzene rings is 1. The molecular weight excluding hydrogens is 320 g/mol. The zero-order chi connectivity index (χ0) is 16.9. The Kier molecular flexibility index (Phi) is 5.41. The number of hydrogen-bond acceptors (Lipinski definition) is 5. The number of ether oxygens (including phenoxy) is 1. The van der Waals surface area contributed by atoms with Gasteiger partial charge in [-0.05, 0) is 30.3 Å². The molecule has 2 aromatic rings. The van der Waals surface area contributed by atoms with Crippen molar-refractivity contribution in [2.75, 3.05) is 19.0 Å². The van der Waals surface area contributed by atoms with E-state index in [-0.39, 0.29) is 17.3 Å². The van der Waals surface area contributed by atoms with Crippen LogP contribution in [0.3, 0.4) is 0 Å². The standard InChI is InChI=1S/C15H18N2O5S/c1-11(18)17-14-10-13(5-6-15(14)21-2)23(19,20)16-8-7-12-4-3-9-22-12/h3-6,9-10,16H,7-8H2,1-2H3,(H,17,18). The fourth-order valence-electron chi connectivity index (χ4n) is 1.99. The van der Waals surface area contributed by atoms with Crippen LogP contribution in [0.1, 0.15) is 12.7 Å². The van der Waals surface area contributed by atoms with Gasteiger partial charge in [-0.25, -0.2) is 13.1 Å². The van der Waals surface area contributed by atoms with Crippen molar-refractivity contribution in [3.8, 4) is 5.75 Å². The number of carbonyl (C=O) groups excluding carboxylic acids is 1. The van der Waals surface area contributed by atoms with Gasteiger partial charge in [-0.15, -0.1) is 0 Å². The van der Waals surface area contributed by atoms with E-state index in [1.165, 1.54) is 38.5 Å². The van der Waals surface area contributed by atoms with Gasteiger partial charge in [-0.1, -0.05) is 0 Å². The van der Waals surface area contributed by atoms with Gasteiger partial charge in [0, 0.05) is 19.9 Å². The summed E-state index contributed by atoms with van der Waals surface area (Å²) in [5.74, 6) is 0.764. The number of hydrogen-bond donors (Lipinski definition) is 2. The van der Waals surface area contributed by atoms with E-state index in [0.29, 0.717) is 23.6 Å². The molecule has 8 heteroatoms. The molecule has 0 radical (unpaired) electrons. The largest absolute Gasteiger partial charge is 0.495 e. The number of nitrogens with one attached hydrogen (secondary N) is 2. The third-order valence-electron chi connectivity index (χ3n) is 3.04. The number of rotatable bonds is 7. The van der Waals surface area contributed by atoms with Crippen molar-refractivity contribution in [1.82, 2.24) is 4.72 Å². The average Bonchev–Trinajstić information content (AvgIpc) is 2.99. The second-order valence-corrected chi connectivity index (χ2v) is 6.54. The van der Waals surface area contributed by atoms with E-state index in [1.54, 1.807) is 12.1 Å². The Morgan fingerprint density at radius 1 is 1.30 bits per heavy atom. The van der Waals surface area contributed by atoms with Gasteiger partial charge in [0.2, 0.25) is 15.9 Å². The number of furan rings is 1. The highest BCUT2D eigenvalue weighted by Crippen LogP contribution is 2.27. The van der Waals surface area contributed by atoms with E-state index in [4.69, 9.17) is 9.15 Å². The molecule has 1 aromatic heterocycles. The lowest BCUT2D eigenvalue weighted by Crippen LogP contribution is -2.26. The fraction of sp³-hybridized carbons (Fsp3) is 0.267. The topological polar surface area (TPSA) is 97.6 Å². The Bertz CT molecular complexity index is 769. The van der Waals surface area contributed by atoms with Crippen LogP contribution in [0.4, 0.5) is 5.69 Å². The van der Waals surface area contributed by atoms with Crippen LogP contribution >= 0.6 is 0 Å². The van der Waals surface area contributed by atoms with Crippen LogP contribution in [0, 0.1) is 0 Å². The fourth-order valence-corrected chi connectivity index (χ4v) is 3.05. The molecule has 0 bridgehead atoms.